The van der Waals surface area contributed by atoms with Gasteiger partial charge in [-0.05, 0) is 25.9 Å². The van der Waals surface area contributed by atoms with Crippen LogP contribution in [0.1, 0.15) is 43.2 Å². The van der Waals surface area contributed by atoms with Crippen molar-refractivity contribution in [1.29, 1.82) is 0 Å². The van der Waals surface area contributed by atoms with Gasteiger partial charge in [0, 0.05) is 18.3 Å². The lowest BCUT2D eigenvalue weighted by Crippen LogP contribution is -2.24. The van der Waals surface area contributed by atoms with E-state index in [1.807, 2.05) is 0 Å². The number of aromatic nitrogens is 1. The van der Waals surface area contributed by atoms with Crippen LogP contribution in [0.15, 0.2) is 0 Å². The molecule has 1 aliphatic heterocycles. The van der Waals surface area contributed by atoms with E-state index in [4.69, 9.17) is 5.11 Å². The third kappa shape index (κ3) is 5.09. The highest BCUT2D eigenvalue weighted by molar-refractivity contribution is 7.15. The van der Waals surface area contributed by atoms with Crippen LogP contribution in [0.4, 0.5) is 5.13 Å². The summed E-state index contributed by atoms with van der Waals surface area (Å²) in [6.45, 7) is 4.23. The Bertz CT molecular complexity index is 508. The SMILES string of the molecule is CC(=O)Nc1nc(CC(=O)O)c(CN2CCCCCC2)s1. The zero-order valence-electron chi connectivity index (χ0n) is 12.2. The highest BCUT2D eigenvalue weighted by atomic mass is 32.1. The van der Waals surface area contributed by atoms with Crippen LogP contribution in [0.25, 0.3) is 0 Å². The Morgan fingerprint density at radius 2 is 1.95 bits per heavy atom. The molecule has 0 unspecified atom stereocenters. The molecule has 1 amide bonds. The summed E-state index contributed by atoms with van der Waals surface area (Å²) in [5, 5.41) is 12.1. The van der Waals surface area contributed by atoms with Crippen LogP contribution in [0.5, 0.6) is 0 Å². The Hall–Kier alpha value is -1.47. The van der Waals surface area contributed by atoms with Gasteiger partial charge in [-0.3, -0.25) is 14.5 Å². The molecule has 21 heavy (non-hydrogen) atoms. The lowest BCUT2D eigenvalue weighted by Gasteiger charge is -2.18. The van der Waals surface area contributed by atoms with E-state index in [0.717, 1.165) is 24.5 Å². The topological polar surface area (TPSA) is 82.5 Å². The van der Waals surface area contributed by atoms with E-state index in [0.29, 0.717) is 10.8 Å². The first-order valence-electron chi connectivity index (χ1n) is 7.25. The molecule has 1 aromatic heterocycles. The molecule has 1 aromatic rings. The van der Waals surface area contributed by atoms with E-state index < -0.39 is 5.97 Å². The van der Waals surface area contributed by atoms with Crippen LogP contribution in [-0.4, -0.2) is 40.0 Å². The number of nitrogens with one attached hydrogen (secondary N) is 1. The van der Waals surface area contributed by atoms with E-state index in [-0.39, 0.29) is 12.3 Å². The zero-order chi connectivity index (χ0) is 15.2. The van der Waals surface area contributed by atoms with Gasteiger partial charge in [-0.1, -0.05) is 12.8 Å². The van der Waals surface area contributed by atoms with Crippen LogP contribution in [0.3, 0.4) is 0 Å². The van der Waals surface area contributed by atoms with E-state index in [1.165, 1.54) is 43.9 Å². The summed E-state index contributed by atoms with van der Waals surface area (Å²) in [4.78, 5) is 29.6. The number of rotatable bonds is 5. The lowest BCUT2D eigenvalue weighted by atomic mass is 10.2. The largest absolute Gasteiger partial charge is 0.481 e. The number of hydrogen-bond donors (Lipinski definition) is 2. The predicted molar refractivity (Wildman–Crippen MR) is 81.5 cm³/mol. The molecule has 0 aromatic carbocycles. The second kappa shape index (κ2) is 7.51. The van der Waals surface area contributed by atoms with Gasteiger partial charge in [0.2, 0.25) is 5.91 Å². The molecule has 0 aliphatic carbocycles. The highest BCUT2D eigenvalue weighted by Gasteiger charge is 2.18. The maximum atomic E-state index is 11.1. The van der Waals surface area contributed by atoms with Crippen molar-refractivity contribution in [2.45, 2.75) is 45.6 Å². The zero-order valence-corrected chi connectivity index (χ0v) is 13.0. The summed E-state index contributed by atoms with van der Waals surface area (Å²) in [5.74, 6) is -1.08. The molecule has 0 radical (unpaired) electrons. The minimum Gasteiger partial charge on any atom is -0.481 e. The first-order chi connectivity index (χ1) is 10.0. The van der Waals surface area contributed by atoms with Gasteiger partial charge in [-0.25, -0.2) is 4.98 Å². The van der Waals surface area contributed by atoms with Crippen molar-refractivity contribution < 1.29 is 14.7 Å². The van der Waals surface area contributed by atoms with Gasteiger partial charge in [0.25, 0.3) is 0 Å². The molecule has 116 valence electrons. The molecule has 2 heterocycles. The van der Waals surface area contributed by atoms with E-state index in [2.05, 4.69) is 15.2 Å². The Balaban J connectivity index is 2.12. The summed E-state index contributed by atoms with van der Waals surface area (Å²) in [5.41, 5.74) is 0.570. The third-order valence-corrected chi connectivity index (χ3v) is 4.44. The molecule has 6 nitrogen and oxygen atoms in total. The number of nitrogens with zero attached hydrogens (tertiary/aromatic N) is 2. The van der Waals surface area contributed by atoms with Crippen molar-refractivity contribution in [3.63, 3.8) is 0 Å². The first kappa shape index (κ1) is 15.9. The smallest absolute Gasteiger partial charge is 0.309 e. The summed E-state index contributed by atoms with van der Waals surface area (Å²) < 4.78 is 0. The molecule has 1 saturated heterocycles. The van der Waals surface area contributed by atoms with Crippen LogP contribution in [0.2, 0.25) is 0 Å². The van der Waals surface area contributed by atoms with Gasteiger partial charge in [-0.2, -0.15) is 0 Å². The summed E-state index contributed by atoms with van der Waals surface area (Å²) in [6, 6.07) is 0. The second-order valence-electron chi connectivity index (χ2n) is 5.33. The highest BCUT2D eigenvalue weighted by Crippen LogP contribution is 2.26. The van der Waals surface area contributed by atoms with Gasteiger partial charge < -0.3 is 10.4 Å². The minimum absolute atomic E-state index is 0.0980. The molecular weight excluding hydrogens is 290 g/mol. The number of thiazole rings is 1. The number of carboxylic acid groups (broad SMARTS) is 1. The van der Waals surface area contributed by atoms with Crippen molar-refractivity contribution in [2.75, 3.05) is 18.4 Å². The van der Waals surface area contributed by atoms with Gasteiger partial charge in [-0.15, -0.1) is 11.3 Å². The van der Waals surface area contributed by atoms with E-state index in [9.17, 15) is 9.59 Å². The number of anilines is 1. The van der Waals surface area contributed by atoms with Crippen molar-refractivity contribution >= 4 is 28.3 Å². The molecule has 0 saturated carbocycles. The van der Waals surface area contributed by atoms with E-state index in [1.54, 1.807) is 0 Å². The Labute approximate surface area is 128 Å². The van der Waals surface area contributed by atoms with Crippen molar-refractivity contribution in [3.8, 4) is 0 Å². The molecular formula is C14H21N3O3S. The Kier molecular flexibility index (Phi) is 5.69. The van der Waals surface area contributed by atoms with Gasteiger partial charge in [0.15, 0.2) is 5.13 Å². The number of carbonyl (C=O) groups excluding carboxylic acids is 1. The molecule has 2 rings (SSSR count). The fraction of sp³-hybridized carbons (Fsp3) is 0.643. The standard InChI is InChI=1S/C14H21N3O3S/c1-10(18)15-14-16-11(8-13(19)20)12(21-14)9-17-6-4-2-3-5-7-17/h2-9H2,1H3,(H,19,20)(H,15,16,18). The number of carbonyl (C=O) groups is 2. The molecule has 0 bridgehead atoms. The molecule has 0 atom stereocenters. The van der Waals surface area contributed by atoms with Crippen LogP contribution in [0, 0.1) is 0 Å². The predicted octanol–water partition coefficient (Wildman–Crippen LogP) is 2.10. The first-order valence-corrected chi connectivity index (χ1v) is 8.06. The third-order valence-electron chi connectivity index (χ3n) is 3.45. The molecule has 1 fully saturated rings. The van der Waals surface area contributed by atoms with Crippen LogP contribution >= 0.6 is 11.3 Å². The molecule has 2 N–H and O–H groups in total. The number of aliphatic carboxylic acids is 1. The van der Waals surface area contributed by atoms with Gasteiger partial charge in [0.05, 0.1) is 12.1 Å². The van der Waals surface area contributed by atoms with Crippen LogP contribution in [-0.2, 0) is 22.6 Å². The molecule has 0 spiro atoms. The lowest BCUT2D eigenvalue weighted by molar-refractivity contribution is -0.136. The van der Waals surface area contributed by atoms with Crippen LogP contribution < -0.4 is 5.32 Å². The summed E-state index contributed by atoms with van der Waals surface area (Å²) in [7, 11) is 0. The summed E-state index contributed by atoms with van der Waals surface area (Å²) in [6.07, 6.45) is 4.80. The number of hydrogen-bond acceptors (Lipinski definition) is 5. The van der Waals surface area contributed by atoms with Crippen molar-refractivity contribution in [1.82, 2.24) is 9.88 Å². The maximum absolute atomic E-state index is 11.1. The average Bonchev–Trinajstić information content (AvgIpc) is 2.61. The van der Waals surface area contributed by atoms with Gasteiger partial charge >= 0.3 is 5.97 Å². The average molecular weight is 311 g/mol. The molecule has 7 heteroatoms. The normalized spacial score (nSPS) is 16.4. The Morgan fingerprint density at radius 1 is 1.29 bits per heavy atom. The maximum Gasteiger partial charge on any atom is 0.309 e. The number of carboxylic acids is 1. The fourth-order valence-corrected chi connectivity index (χ4v) is 3.56. The monoisotopic (exact) mass is 311 g/mol. The fourth-order valence-electron chi connectivity index (χ4n) is 2.49. The number of amides is 1. The van der Waals surface area contributed by atoms with Gasteiger partial charge in [0.1, 0.15) is 0 Å². The Morgan fingerprint density at radius 3 is 2.52 bits per heavy atom. The number of likely N-dealkylation sites (tertiary alicyclic amines) is 1. The summed E-state index contributed by atoms with van der Waals surface area (Å²) >= 11 is 1.38. The second-order valence-corrected chi connectivity index (χ2v) is 6.41. The quantitative estimate of drug-likeness (QED) is 0.870. The van der Waals surface area contributed by atoms with E-state index >= 15 is 0 Å². The molecule has 1 aliphatic rings. The minimum atomic E-state index is -0.896. The van der Waals surface area contributed by atoms with Crippen molar-refractivity contribution in [3.05, 3.63) is 10.6 Å². The van der Waals surface area contributed by atoms with Crippen molar-refractivity contribution in [2.24, 2.45) is 0 Å².